The molecular weight excluding hydrogens is 296 g/mol. The second kappa shape index (κ2) is 5.38. The van der Waals surface area contributed by atoms with E-state index in [1.807, 2.05) is 10.8 Å². The third kappa shape index (κ3) is 2.55. The summed E-state index contributed by atoms with van der Waals surface area (Å²) >= 11 is 5.29. The molecule has 3 rings (SSSR count). The molecule has 4 nitrogen and oxygen atoms in total. The number of nitrogens with one attached hydrogen (secondary N) is 1. The molecule has 0 amide bonds. The van der Waals surface area contributed by atoms with E-state index in [0.29, 0.717) is 36.2 Å². The van der Waals surface area contributed by atoms with Crippen molar-refractivity contribution < 1.29 is 13.5 Å². The molecule has 0 saturated heterocycles. The largest absolute Gasteiger partial charge is 0.489 e. The molecule has 1 aromatic rings. The monoisotopic (exact) mass is 313 g/mol. The Kier molecular flexibility index (Phi) is 3.71. The Morgan fingerprint density at radius 2 is 2.33 bits per heavy atom. The van der Waals surface area contributed by atoms with E-state index < -0.39 is 5.92 Å². The summed E-state index contributed by atoms with van der Waals surface area (Å²) in [6.45, 7) is 0.709. The van der Waals surface area contributed by atoms with E-state index >= 15 is 0 Å². The number of nitrogens with zero attached hydrogens (tertiary/aromatic N) is 1. The van der Waals surface area contributed by atoms with E-state index in [0.717, 1.165) is 11.8 Å². The van der Waals surface area contributed by atoms with Gasteiger partial charge in [0.2, 0.25) is 0 Å². The quantitative estimate of drug-likeness (QED) is 0.666. The van der Waals surface area contributed by atoms with Crippen LogP contribution < -0.4 is 5.73 Å². The topological polar surface area (TPSA) is 56.0 Å². The van der Waals surface area contributed by atoms with E-state index in [-0.39, 0.29) is 18.4 Å². The van der Waals surface area contributed by atoms with Crippen LogP contribution in [0.3, 0.4) is 0 Å². The summed E-state index contributed by atoms with van der Waals surface area (Å²) in [5.74, 6) is -3.16. The smallest absolute Gasteiger partial charge is 0.322 e. The highest BCUT2D eigenvalue weighted by Crippen LogP contribution is 2.41. The molecule has 3 N–H and O–H groups in total. The van der Waals surface area contributed by atoms with E-state index in [2.05, 4.69) is 4.98 Å². The third-order valence-electron chi connectivity index (χ3n) is 3.87. The molecule has 0 radical (unpaired) electrons. The molecule has 1 aromatic heterocycles. The molecular formula is C14H17F2N3OS. The predicted molar refractivity (Wildman–Crippen MR) is 77.7 cm³/mol. The van der Waals surface area contributed by atoms with Gasteiger partial charge in [0.25, 0.3) is 0 Å². The first-order chi connectivity index (χ1) is 10.0. The zero-order valence-corrected chi connectivity index (χ0v) is 12.3. The number of hydrogen-bond donors (Lipinski definition) is 2. The summed E-state index contributed by atoms with van der Waals surface area (Å²) in [5, 5.41) is 0. The molecule has 2 aliphatic rings. The summed E-state index contributed by atoms with van der Waals surface area (Å²) in [6.07, 6.45) is 5.96. The van der Waals surface area contributed by atoms with E-state index in [9.17, 15) is 8.78 Å². The highest BCUT2D eigenvalue weighted by molar-refractivity contribution is 7.71. The number of rotatable bonds is 3. The Labute approximate surface area is 126 Å². The highest BCUT2D eigenvalue weighted by Gasteiger charge is 2.41. The Hall–Kier alpha value is -1.47. The Morgan fingerprint density at radius 1 is 1.52 bits per heavy atom. The first-order valence-corrected chi connectivity index (χ1v) is 7.33. The highest BCUT2D eigenvalue weighted by atomic mass is 32.1. The minimum atomic E-state index is -2.99. The summed E-state index contributed by atoms with van der Waals surface area (Å²) < 4.78 is 35.5. The van der Waals surface area contributed by atoms with Crippen LogP contribution >= 0.6 is 12.2 Å². The first kappa shape index (κ1) is 14.5. The van der Waals surface area contributed by atoms with Gasteiger partial charge in [-0.05, 0) is 43.3 Å². The van der Waals surface area contributed by atoms with Gasteiger partial charge in [-0.3, -0.25) is 0 Å². The molecule has 21 heavy (non-hydrogen) atoms. The van der Waals surface area contributed by atoms with Gasteiger partial charge in [0, 0.05) is 18.3 Å². The van der Waals surface area contributed by atoms with Crippen molar-refractivity contribution in [2.24, 2.45) is 5.73 Å². The Morgan fingerprint density at radius 3 is 3.10 bits per heavy atom. The van der Waals surface area contributed by atoms with Crippen LogP contribution in [0.5, 0.6) is 0 Å². The fraction of sp³-hybridized carbons (Fsp3) is 0.500. The minimum Gasteiger partial charge on any atom is -0.489 e. The second-order valence-corrected chi connectivity index (χ2v) is 5.71. The van der Waals surface area contributed by atoms with Crippen molar-refractivity contribution in [3.63, 3.8) is 0 Å². The van der Waals surface area contributed by atoms with Crippen molar-refractivity contribution in [2.45, 2.75) is 31.2 Å². The fourth-order valence-electron chi connectivity index (χ4n) is 2.97. The van der Waals surface area contributed by atoms with E-state index in [1.54, 1.807) is 0 Å². The van der Waals surface area contributed by atoms with Crippen molar-refractivity contribution in [2.75, 3.05) is 13.2 Å². The average molecular weight is 313 g/mol. The van der Waals surface area contributed by atoms with Crippen molar-refractivity contribution in [1.82, 2.24) is 9.55 Å². The summed E-state index contributed by atoms with van der Waals surface area (Å²) in [6, 6.07) is -0.0636. The molecule has 0 unspecified atom stereocenters. The van der Waals surface area contributed by atoms with Crippen LogP contribution in [0.25, 0.3) is 0 Å². The molecule has 0 bridgehead atoms. The molecule has 1 atom stereocenters. The van der Waals surface area contributed by atoms with Gasteiger partial charge in [0.05, 0.1) is 6.04 Å². The number of aromatic amines is 1. The van der Waals surface area contributed by atoms with Crippen LogP contribution in [0, 0.1) is 4.77 Å². The zero-order valence-electron chi connectivity index (χ0n) is 11.4. The van der Waals surface area contributed by atoms with Crippen LogP contribution in [0.4, 0.5) is 8.78 Å². The molecule has 2 heterocycles. The van der Waals surface area contributed by atoms with Gasteiger partial charge in [-0.2, -0.15) is 8.78 Å². The fourth-order valence-corrected chi connectivity index (χ4v) is 3.30. The molecule has 1 aliphatic carbocycles. The Bertz CT molecular complexity index is 659. The maximum absolute atomic E-state index is 13.8. The van der Waals surface area contributed by atoms with Gasteiger partial charge in [0.1, 0.15) is 6.61 Å². The normalized spacial score (nSPS) is 23.9. The van der Waals surface area contributed by atoms with E-state index in [4.69, 9.17) is 22.7 Å². The number of ether oxygens (including phenoxy) is 1. The van der Waals surface area contributed by atoms with Crippen LogP contribution in [-0.2, 0) is 11.2 Å². The SMILES string of the molecule is NCCc1c[nH]c(=S)n1[C@H]1COC2=C(CC=CC2(F)F)C1. The number of aromatic nitrogens is 2. The van der Waals surface area contributed by atoms with Crippen LogP contribution in [0.1, 0.15) is 24.6 Å². The summed E-state index contributed by atoms with van der Waals surface area (Å²) in [5.41, 5.74) is 7.24. The summed E-state index contributed by atoms with van der Waals surface area (Å²) in [4.78, 5) is 3.00. The molecule has 7 heteroatoms. The average Bonchev–Trinajstić information content (AvgIpc) is 2.79. The van der Waals surface area contributed by atoms with Crippen LogP contribution in [0.2, 0.25) is 0 Å². The van der Waals surface area contributed by atoms with Gasteiger partial charge in [-0.1, -0.05) is 6.08 Å². The number of nitrogens with two attached hydrogens (primary N) is 1. The zero-order chi connectivity index (χ0) is 15.0. The molecule has 114 valence electrons. The van der Waals surface area contributed by atoms with Gasteiger partial charge in [-0.25, -0.2) is 0 Å². The lowest BCUT2D eigenvalue weighted by molar-refractivity contribution is -0.00341. The summed E-state index contributed by atoms with van der Waals surface area (Å²) in [7, 11) is 0. The van der Waals surface area contributed by atoms with Gasteiger partial charge in [-0.15, -0.1) is 0 Å². The minimum absolute atomic E-state index is 0.0636. The number of H-pyrrole nitrogens is 1. The van der Waals surface area contributed by atoms with Crippen molar-refractivity contribution in [1.29, 1.82) is 0 Å². The van der Waals surface area contributed by atoms with E-state index in [1.165, 1.54) is 6.08 Å². The number of hydrogen-bond acceptors (Lipinski definition) is 3. The third-order valence-corrected chi connectivity index (χ3v) is 4.19. The molecule has 0 aromatic carbocycles. The lowest BCUT2D eigenvalue weighted by Gasteiger charge is -2.33. The lowest BCUT2D eigenvalue weighted by atomic mass is 9.93. The van der Waals surface area contributed by atoms with Crippen molar-refractivity contribution >= 4 is 12.2 Å². The van der Waals surface area contributed by atoms with Gasteiger partial charge < -0.3 is 20.0 Å². The van der Waals surface area contributed by atoms with Crippen molar-refractivity contribution in [3.8, 4) is 0 Å². The van der Waals surface area contributed by atoms with Crippen LogP contribution in [0.15, 0.2) is 29.7 Å². The lowest BCUT2D eigenvalue weighted by Crippen LogP contribution is -2.31. The first-order valence-electron chi connectivity index (χ1n) is 6.92. The molecule has 0 fully saturated rings. The predicted octanol–water partition coefficient (Wildman–Crippen LogP) is 2.86. The van der Waals surface area contributed by atoms with Gasteiger partial charge in [0.15, 0.2) is 10.5 Å². The second-order valence-electron chi connectivity index (χ2n) is 5.32. The number of allylic oxidation sites excluding steroid dienone is 3. The van der Waals surface area contributed by atoms with Gasteiger partial charge >= 0.3 is 5.92 Å². The number of halogens is 2. The maximum Gasteiger partial charge on any atom is 0.322 e. The number of alkyl halides is 2. The standard InChI is InChI=1S/C14H17F2N3OS/c15-14(16)4-1-2-9-6-11(8-20-12(9)14)19-10(3-5-17)7-18-13(19)21/h1,4,7,11H,2-3,5-6,8,17H2,(H,18,21)/t11-/m1/s1. The molecule has 0 saturated carbocycles. The van der Waals surface area contributed by atoms with Crippen LogP contribution in [-0.4, -0.2) is 28.6 Å². The molecule has 1 aliphatic heterocycles. The maximum atomic E-state index is 13.8. The Balaban J connectivity index is 1.90. The van der Waals surface area contributed by atoms with Crippen molar-refractivity contribution in [3.05, 3.63) is 40.1 Å². The molecule has 0 spiro atoms. The number of imidazole rings is 1.